The van der Waals surface area contributed by atoms with E-state index in [1.165, 1.54) is 0 Å². The van der Waals surface area contributed by atoms with E-state index in [-0.39, 0.29) is 19.4 Å². The molecule has 0 spiro atoms. The van der Waals surface area contributed by atoms with Crippen molar-refractivity contribution in [2.75, 3.05) is 5.32 Å². The van der Waals surface area contributed by atoms with Gasteiger partial charge in [0.15, 0.2) is 0 Å². The number of primary amides is 1. The maximum Gasteiger partial charge on any atom is 0.408 e. The summed E-state index contributed by atoms with van der Waals surface area (Å²) in [6.07, 6.45) is -0.707. The molecule has 0 aromatic heterocycles. The summed E-state index contributed by atoms with van der Waals surface area (Å²) in [5.41, 5.74) is 6.57. The van der Waals surface area contributed by atoms with Crippen LogP contribution in [0.25, 0.3) is 0 Å². The van der Waals surface area contributed by atoms with Gasteiger partial charge in [-0.2, -0.15) is 0 Å². The lowest BCUT2D eigenvalue weighted by molar-refractivity contribution is -0.119. The van der Waals surface area contributed by atoms with E-state index in [1.54, 1.807) is 12.1 Å². The molecule has 2 rings (SSSR count). The van der Waals surface area contributed by atoms with Crippen molar-refractivity contribution in [2.24, 2.45) is 5.73 Å². The van der Waals surface area contributed by atoms with E-state index in [9.17, 15) is 14.4 Å². The summed E-state index contributed by atoms with van der Waals surface area (Å²) in [7, 11) is 0. The average Bonchev–Trinajstić information content (AvgIpc) is 2.66. The zero-order chi connectivity index (χ0) is 19.6. The molecular formula is C19H20IN3O4. The molecule has 0 radical (unpaired) electrons. The van der Waals surface area contributed by atoms with Crippen LogP contribution >= 0.6 is 22.6 Å². The van der Waals surface area contributed by atoms with Crippen LogP contribution in [-0.2, 0) is 20.9 Å². The van der Waals surface area contributed by atoms with Crippen LogP contribution in [0, 0.1) is 3.57 Å². The molecule has 2 aromatic carbocycles. The van der Waals surface area contributed by atoms with Gasteiger partial charge >= 0.3 is 6.09 Å². The van der Waals surface area contributed by atoms with Crippen molar-refractivity contribution in [1.82, 2.24) is 5.32 Å². The second-order valence-corrected chi connectivity index (χ2v) is 7.01. The number of hydrogen-bond donors (Lipinski definition) is 3. The second kappa shape index (κ2) is 10.5. The van der Waals surface area contributed by atoms with Crippen molar-refractivity contribution >= 4 is 46.2 Å². The van der Waals surface area contributed by atoms with Crippen molar-refractivity contribution in [3.8, 4) is 0 Å². The molecule has 142 valence electrons. The number of rotatable bonds is 8. The number of carbonyl (C=O) groups is 3. The molecule has 0 saturated carbocycles. The molecule has 0 aliphatic heterocycles. The molecule has 0 aliphatic rings. The molecule has 7 nitrogen and oxygen atoms in total. The normalized spacial score (nSPS) is 11.3. The summed E-state index contributed by atoms with van der Waals surface area (Å²) in [6.45, 7) is 0.0773. The number of nitrogens with two attached hydrogens (primary N) is 1. The van der Waals surface area contributed by atoms with Gasteiger partial charge in [-0.15, -0.1) is 0 Å². The summed E-state index contributed by atoms with van der Waals surface area (Å²) in [5, 5.41) is 5.20. The van der Waals surface area contributed by atoms with Crippen LogP contribution in [0.5, 0.6) is 0 Å². The molecule has 0 unspecified atom stereocenters. The maximum absolute atomic E-state index is 12.5. The Morgan fingerprint density at radius 2 is 1.70 bits per heavy atom. The van der Waals surface area contributed by atoms with Crippen molar-refractivity contribution in [1.29, 1.82) is 0 Å². The predicted octanol–water partition coefficient (Wildman–Crippen LogP) is 2.79. The molecule has 0 fully saturated rings. The second-order valence-electron chi connectivity index (χ2n) is 5.76. The topological polar surface area (TPSA) is 111 Å². The van der Waals surface area contributed by atoms with Crippen LogP contribution in [0.2, 0.25) is 0 Å². The minimum Gasteiger partial charge on any atom is -0.445 e. The Morgan fingerprint density at radius 3 is 2.33 bits per heavy atom. The number of anilines is 1. The van der Waals surface area contributed by atoms with Gasteiger partial charge in [-0.3, -0.25) is 9.59 Å². The summed E-state index contributed by atoms with van der Waals surface area (Å²) < 4.78 is 6.16. The first-order valence-electron chi connectivity index (χ1n) is 8.26. The molecule has 8 heteroatoms. The molecule has 0 heterocycles. The van der Waals surface area contributed by atoms with Crippen LogP contribution in [0.4, 0.5) is 10.5 Å². The van der Waals surface area contributed by atoms with E-state index in [2.05, 4.69) is 33.2 Å². The van der Waals surface area contributed by atoms with E-state index in [0.717, 1.165) is 9.13 Å². The molecule has 0 bridgehead atoms. The number of ether oxygens (including phenoxy) is 1. The molecule has 2 aromatic rings. The zero-order valence-corrected chi connectivity index (χ0v) is 16.6. The number of benzene rings is 2. The number of alkyl carbamates (subject to hydrolysis) is 1. The highest BCUT2D eigenvalue weighted by atomic mass is 127. The Hall–Kier alpha value is -2.62. The largest absolute Gasteiger partial charge is 0.445 e. The number of carbonyl (C=O) groups excluding carboxylic acids is 3. The van der Waals surface area contributed by atoms with Gasteiger partial charge in [0.25, 0.3) is 0 Å². The highest BCUT2D eigenvalue weighted by Gasteiger charge is 2.22. The smallest absolute Gasteiger partial charge is 0.408 e. The fraction of sp³-hybridized carbons (Fsp3) is 0.211. The SMILES string of the molecule is NC(=O)CC[C@H](NC(=O)OCc1ccccc1)C(=O)Nc1ccc(I)cc1. The van der Waals surface area contributed by atoms with Crippen LogP contribution in [0.15, 0.2) is 54.6 Å². The Balaban J connectivity index is 1.95. The van der Waals surface area contributed by atoms with Crippen LogP contribution in [-0.4, -0.2) is 23.9 Å². The molecule has 3 amide bonds. The van der Waals surface area contributed by atoms with Gasteiger partial charge < -0.3 is 21.1 Å². The lowest BCUT2D eigenvalue weighted by Gasteiger charge is -2.18. The fourth-order valence-corrected chi connectivity index (χ4v) is 2.58. The first-order valence-corrected chi connectivity index (χ1v) is 9.34. The quantitative estimate of drug-likeness (QED) is 0.504. The van der Waals surface area contributed by atoms with Crippen LogP contribution in [0.1, 0.15) is 18.4 Å². The van der Waals surface area contributed by atoms with Crippen molar-refractivity contribution in [2.45, 2.75) is 25.5 Å². The Labute approximate surface area is 170 Å². The van der Waals surface area contributed by atoms with E-state index in [4.69, 9.17) is 10.5 Å². The van der Waals surface area contributed by atoms with E-state index in [1.807, 2.05) is 42.5 Å². The highest BCUT2D eigenvalue weighted by molar-refractivity contribution is 14.1. The Morgan fingerprint density at radius 1 is 1.04 bits per heavy atom. The van der Waals surface area contributed by atoms with Crippen LogP contribution in [0.3, 0.4) is 0 Å². The van der Waals surface area contributed by atoms with Crippen molar-refractivity contribution in [3.63, 3.8) is 0 Å². The third kappa shape index (κ3) is 7.65. The minimum absolute atomic E-state index is 0.0380. The van der Waals surface area contributed by atoms with Gasteiger partial charge in [0.2, 0.25) is 11.8 Å². The number of amides is 3. The van der Waals surface area contributed by atoms with Crippen molar-refractivity contribution < 1.29 is 19.1 Å². The summed E-state index contributed by atoms with van der Waals surface area (Å²) in [5.74, 6) is -1.00. The van der Waals surface area contributed by atoms with Gasteiger partial charge in [-0.05, 0) is 58.8 Å². The van der Waals surface area contributed by atoms with E-state index >= 15 is 0 Å². The average molecular weight is 481 g/mol. The van der Waals surface area contributed by atoms with Gasteiger partial charge in [0.05, 0.1) is 0 Å². The van der Waals surface area contributed by atoms with E-state index < -0.39 is 23.9 Å². The van der Waals surface area contributed by atoms with Gasteiger partial charge in [0, 0.05) is 15.7 Å². The van der Waals surface area contributed by atoms with E-state index in [0.29, 0.717) is 5.69 Å². The monoisotopic (exact) mass is 481 g/mol. The standard InChI is InChI=1S/C19H20IN3O4/c20-14-6-8-15(9-7-14)22-18(25)16(10-11-17(21)24)23-19(26)27-12-13-4-2-1-3-5-13/h1-9,16H,10-12H2,(H2,21,24)(H,22,25)(H,23,26)/t16-/m0/s1. The predicted molar refractivity (Wildman–Crippen MR) is 110 cm³/mol. The number of hydrogen-bond acceptors (Lipinski definition) is 4. The van der Waals surface area contributed by atoms with Crippen LogP contribution < -0.4 is 16.4 Å². The lowest BCUT2D eigenvalue weighted by Crippen LogP contribution is -2.44. The van der Waals surface area contributed by atoms with Gasteiger partial charge in [-0.25, -0.2) is 4.79 Å². The number of halogens is 1. The molecule has 1 atom stereocenters. The Kier molecular flexibility index (Phi) is 8.05. The summed E-state index contributed by atoms with van der Waals surface area (Å²) in [6, 6.07) is 15.4. The Bertz CT molecular complexity index is 781. The third-order valence-corrected chi connectivity index (χ3v) is 4.33. The maximum atomic E-state index is 12.5. The minimum atomic E-state index is -0.944. The molecular weight excluding hydrogens is 461 g/mol. The summed E-state index contributed by atoms with van der Waals surface area (Å²) >= 11 is 2.16. The zero-order valence-electron chi connectivity index (χ0n) is 14.5. The molecule has 4 N–H and O–H groups in total. The third-order valence-electron chi connectivity index (χ3n) is 3.61. The van der Waals surface area contributed by atoms with Gasteiger partial charge in [0.1, 0.15) is 12.6 Å². The lowest BCUT2D eigenvalue weighted by atomic mass is 10.1. The summed E-state index contributed by atoms with van der Waals surface area (Å²) in [4.78, 5) is 35.6. The van der Waals surface area contributed by atoms with Gasteiger partial charge in [-0.1, -0.05) is 30.3 Å². The molecule has 0 saturated heterocycles. The first-order chi connectivity index (χ1) is 12.9. The first kappa shape index (κ1) is 20.7. The fourth-order valence-electron chi connectivity index (χ4n) is 2.23. The highest BCUT2D eigenvalue weighted by Crippen LogP contribution is 2.12. The molecule has 0 aliphatic carbocycles. The molecule has 27 heavy (non-hydrogen) atoms. The number of nitrogens with one attached hydrogen (secondary N) is 2. The van der Waals surface area contributed by atoms with Crippen molar-refractivity contribution in [3.05, 3.63) is 63.7 Å².